The summed E-state index contributed by atoms with van der Waals surface area (Å²) in [5.41, 5.74) is 5.75. The van der Waals surface area contributed by atoms with Crippen LogP contribution in [0.15, 0.2) is 18.2 Å². The molecule has 1 atom stereocenters. The molecule has 1 aliphatic heterocycles. The van der Waals surface area contributed by atoms with Gasteiger partial charge < -0.3 is 10.6 Å². The fourth-order valence-corrected chi connectivity index (χ4v) is 2.54. The highest BCUT2D eigenvalue weighted by atomic mass is 16.6. The van der Waals surface area contributed by atoms with Crippen LogP contribution in [0.25, 0.3) is 0 Å². The van der Waals surface area contributed by atoms with Crippen molar-refractivity contribution < 1.29 is 9.72 Å². The maximum absolute atomic E-state index is 12.5. The van der Waals surface area contributed by atoms with E-state index in [1.165, 1.54) is 12.1 Å². The Labute approximate surface area is 117 Å². The molecule has 1 aromatic carbocycles. The summed E-state index contributed by atoms with van der Waals surface area (Å²) in [4.78, 5) is 24.5. The lowest BCUT2D eigenvalue weighted by atomic mass is 10.0. The fraction of sp³-hybridized carbons (Fsp3) is 0.500. The first-order chi connectivity index (χ1) is 9.50. The average Bonchev–Trinajstić information content (AvgIpc) is 2.63. The Morgan fingerprint density at radius 3 is 2.85 bits per heavy atom. The zero-order valence-corrected chi connectivity index (χ0v) is 11.5. The second kappa shape index (κ2) is 5.90. The molecular weight excluding hydrogens is 258 g/mol. The first kappa shape index (κ1) is 14.3. The van der Waals surface area contributed by atoms with Gasteiger partial charge in [-0.05, 0) is 31.2 Å². The molecule has 2 rings (SSSR count). The summed E-state index contributed by atoms with van der Waals surface area (Å²) in [7, 11) is 0. The first-order valence-electron chi connectivity index (χ1n) is 6.83. The molecule has 0 radical (unpaired) electrons. The maximum Gasteiger partial charge on any atom is 0.292 e. The van der Waals surface area contributed by atoms with E-state index < -0.39 is 4.92 Å². The average molecular weight is 277 g/mol. The van der Waals surface area contributed by atoms with Crippen molar-refractivity contribution in [3.63, 3.8) is 0 Å². The molecule has 1 amide bonds. The van der Waals surface area contributed by atoms with Crippen LogP contribution in [0, 0.1) is 16.0 Å². The van der Waals surface area contributed by atoms with Gasteiger partial charge in [-0.15, -0.1) is 0 Å². The summed E-state index contributed by atoms with van der Waals surface area (Å²) in [5, 5.41) is 10.9. The highest BCUT2D eigenvalue weighted by molar-refractivity contribution is 6.01. The number of nitro benzene ring substituents is 1. The Kier molecular flexibility index (Phi) is 4.22. The molecule has 6 nitrogen and oxygen atoms in total. The molecule has 1 aliphatic rings. The van der Waals surface area contributed by atoms with Gasteiger partial charge in [-0.3, -0.25) is 14.9 Å². The highest BCUT2D eigenvalue weighted by Crippen LogP contribution is 2.27. The number of benzene rings is 1. The monoisotopic (exact) mass is 277 g/mol. The zero-order chi connectivity index (χ0) is 14.7. The van der Waals surface area contributed by atoms with E-state index in [-0.39, 0.29) is 22.8 Å². The number of likely N-dealkylation sites (tertiary alicyclic amines) is 1. The van der Waals surface area contributed by atoms with Gasteiger partial charge in [0, 0.05) is 19.2 Å². The third-order valence-electron chi connectivity index (χ3n) is 3.81. The molecular formula is C14H19N3O3. The van der Waals surface area contributed by atoms with Crippen molar-refractivity contribution in [2.75, 3.05) is 18.8 Å². The molecule has 1 aromatic rings. The Morgan fingerprint density at radius 1 is 1.40 bits per heavy atom. The Balaban J connectivity index is 2.25. The lowest BCUT2D eigenvalue weighted by Gasteiger charge is -2.21. The number of hydrogen-bond acceptors (Lipinski definition) is 4. The van der Waals surface area contributed by atoms with Crippen LogP contribution < -0.4 is 5.73 Å². The molecule has 0 aliphatic carbocycles. The fourth-order valence-electron chi connectivity index (χ4n) is 2.54. The number of rotatable bonds is 2. The van der Waals surface area contributed by atoms with Gasteiger partial charge in [0.05, 0.1) is 10.5 Å². The maximum atomic E-state index is 12.5. The summed E-state index contributed by atoms with van der Waals surface area (Å²) in [6.45, 7) is 3.54. The zero-order valence-electron chi connectivity index (χ0n) is 11.5. The summed E-state index contributed by atoms with van der Waals surface area (Å²) in [6.07, 6.45) is 3.02. The van der Waals surface area contributed by atoms with Gasteiger partial charge in [0.2, 0.25) is 0 Å². The Morgan fingerprint density at radius 2 is 2.15 bits per heavy atom. The van der Waals surface area contributed by atoms with E-state index in [1.807, 2.05) is 0 Å². The number of carbonyl (C=O) groups is 1. The van der Waals surface area contributed by atoms with Crippen LogP contribution in [0.2, 0.25) is 0 Å². The topological polar surface area (TPSA) is 89.5 Å². The second-order valence-electron chi connectivity index (χ2n) is 5.32. The van der Waals surface area contributed by atoms with E-state index in [0.717, 1.165) is 19.3 Å². The predicted molar refractivity (Wildman–Crippen MR) is 76.4 cm³/mol. The van der Waals surface area contributed by atoms with Crippen LogP contribution in [0.5, 0.6) is 0 Å². The first-order valence-corrected chi connectivity index (χ1v) is 6.83. The van der Waals surface area contributed by atoms with Crippen molar-refractivity contribution in [1.29, 1.82) is 0 Å². The molecule has 20 heavy (non-hydrogen) atoms. The minimum atomic E-state index is -0.559. The van der Waals surface area contributed by atoms with Gasteiger partial charge in [0.1, 0.15) is 5.69 Å². The third-order valence-corrected chi connectivity index (χ3v) is 3.81. The van der Waals surface area contributed by atoms with Crippen molar-refractivity contribution in [3.8, 4) is 0 Å². The molecule has 108 valence electrons. The molecule has 2 N–H and O–H groups in total. The van der Waals surface area contributed by atoms with Gasteiger partial charge in [-0.2, -0.15) is 0 Å². The molecule has 1 fully saturated rings. The summed E-state index contributed by atoms with van der Waals surface area (Å²) in [6, 6.07) is 4.37. The lowest BCUT2D eigenvalue weighted by Crippen LogP contribution is -2.32. The molecule has 0 spiro atoms. The molecule has 0 aromatic heterocycles. The van der Waals surface area contributed by atoms with Gasteiger partial charge >= 0.3 is 0 Å². The van der Waals surface area contributed by atoms with Crippen LogP contribution in [0.4, 0.5) is 11.4 Å². The van der Waals surface area contributed by atoms with Gasteiger partial charge in [0.25, 0.3) is 11.6 Å². The van der Waals surface area contributed by atoms with Gasteiger partial charge in [0.15, 0.2) is 0 Å². The Bertz CT molecular complexity index is 530. The number of hydrogen-bond donors (Lipinski definition) is 1. The van der Waals surface area contributed by atoms with Crippen LogP contribution in [0.1, 0.15) is 36.5 Å². The van der Waals surface area contributed by atoms with Crippen molar-refractivity contribution in [1.82, 2.24) is 4.90 Å². The Hall–Kier alpha value is -2.11. The van der Waals surface area contributed by atoms with E-state index >= 15 is 0 Å². The largest absolute Gasteiger partial charge is 0.393 e. The SMILES string of the molecule is CC1CCCN(C(=O)c2cccc([N+](=O)[O-])c2N)CC1. The minimum Gasteiger partial charge on any atom is -0.393 e. The number of nitrogen functional groups attached to an aromatic ring is 1. The summed E-state index contributed by atoms with van der Waals surface area (Å²) >= 11 is 0. The lowest BCUT2D eigenvalue weighted by molar-refractivity contribution is -0.383. The van der Waals surface area contributed by atoms with Crippen LogP contribution in [-0.2, 0) is 0 Å². The normalized spacial score (nSPS) is 19.4. The molecule has 6 heteroatoms. The molecule has 1 heterocycles. The standard InChI is InChI=1S/C14H19N3O3/c1-10-4-3-8-16(9-7-10)14(18)11-5-2-6-12(13(11)15)17(19)20/h2,5-6,10H,3-4,7-9,15H2,1H3. The number of nitrogens with two attached hydrogens (primary N) is 1. The van der Waals surface area contributed by atoms with E-state index in [9.17, 15) is 14.9 Å². The summed E-state index contributed by atoms with van der Waals surface area (Å²) in [5.74, 6) is 0.399. The van der Waals surface area contributed by atoms with E-state index in [2.05, 4.69) is 6.92 Å². The van der Waals surface area contributed by atoms with Crippen LogP contribution in [-0.4, -0.2) is 28.8 Å². The quantitative estimate of drug-likeness (QED) is 0.510. The number of nitrogens with zero attached hydrogens (tertiary/aromatic N) is 2. The smallest absolute Gasteiger partial charge is 0.292 e. The van der Waals surface area contributed by atoms with Crippen molar-refractivity contribution in [2.45, 2.75) is 26.2 Å². The number of anilines is 1. The minimum absolute atomic E-state index is 0.0419. The third kappa shape index (κ3) is 2.89. The second-order valence-corrected chi connectivity index (χ2v) is 5.32. The van der Waals surface area contributed by atoms with Crippen molar-refractivity contribution >= 4 is 17.3 Å². The number of nitro groups is 1. The number of carbonyl (C=O) groups excluding carboxylic acids is 1. The van der Waals surface area contributed by atoms with Crippen LogP contribution in [0.3, 0.4) is 0 Å². The molecule has 1 saturated heterocycles. The van der Waals surface area contributed by atoms with E-state index in [4.69, 9.17) is 5.73 Å². The summed E-state index contributed by atoms with van der Waals surface area (Å²) < 4.78 is 0. The van der Waals surface area contributed by atoms with Gasteiger partial charge in [-0.25, -0.2) is 0 Å². The predicted octanol–water partition coefficient (Wildman–Crippen LogP) is 2.44. The highest BCUT2D eigenvalue weighted by Gasteiger charge is 2.24. The van der Waals surface area contributed by atoms with Gasteiger partial charge in [-0.1, -0.05) is 13.0 Å². The van der Waals surface area contributed by atoms with Crippen LogP contribution >= 0.6 is 0 Å². The van der Waals surface area contributed by atoms with Crippen molar-refractivity contribution in [3.05, 3.63) is 33.9 Å². The van der Waals surface area contributed by atoms with E-state index in [1.54, 1.807) is 11.0 Å². The molecule has 0 bridgehead atoms. The molecule has 1 unspecified atom stereocenters. The molecule has 0 saturated carbocycles. The van der Waals surface area contributed by atoms with E-state index in [0.29, 0.717) is 19.0 Å². The number of para-hydroxylation sites is 1. The van der Waals surface area contributed by atoms with Crippen molar-refractivity contribution in [2.24, 2.45) is 5.92 Å². The number of amides is 1.